The number of carboxylic acid groups (broad SMARTS) is 3. The van der Waals surface area contributed by atoms with E-state index in [0.29, 0.717) is 12.8 Å². The lowest BCUT2D eigenvalue weighted by Gasteiger charge is -2.19. The van der Waals surface area contributed by atoms with Gasteiger partial charge in [0.2, 0.25) is 0 Å². The lowest BCUT2D eigenvalue weighted by molar-refractivity contribution is -0.176. The molecule has 0 amide bonds. The van der Waals surface area contributed by atoms with Crippen molar-refractivity contribution in [2.75, 3.05) is 0 Å². The van der Waals surface area contributed by atoms with E-state index in [2.05, 4.69) is 6.92 Å². The van der Waals surface area contributed by atoms with Gasteiger partial charge in [0.1, 0.15) is 0 Å². The van der Waals surface area contributed by atoms with Crippen LogP contribution >= 0.6 is 0 Å². The molecule has 0 heterocycles. The summed E-state index contributed by atoms with van der Waals surface area (Å²) in [7, 11) is 0. The second-order valence-electron chi connectivity index (χ2n) is 11.8. The summed E-state index contributed by atoms with van der Waals surface area (Å²) in [6.45, 7) is 2.28. The number of unbranched alkanes of at least 4 members (excludes halogenated alkanes) is 26. The molecule has 0 radical (unpaired) electrons. The van der Waals surface area contributed by atoms with Gasteiger partial charge in [0.15, 0.2) is 0 Å². The molecule has 0 bridgehead atoms. The predicted octanol–water partition coefficient (Wildman–Crippen LogP) is 10.2. The highest BCUT2D eigenvalue weighted by Gasteiger charge is 2.53. The maximum absolute atomic E-state index is 11.2. The second-order valence-corrected chi connectivity index (χ2v) is 11.8. The van der Waals surface area contributed by atoms with Crippen molar-refractivity contribution < 1.29 is 29.7 Å². The van der Waals surface area contributed by atoms with Crippen LogP contribution in [0.3, 0.4) is 0 Å². The molecule has 39 heavy (non-hydrogen) atoms. The fourth-order valence-corrected chi connectivity index (χ4v) is 5.48. The maximum Gasteiger partial charge on any atom is 0.332 e. The van der Waals surface area contributed by atoms with Crippen LogP contribution in [0.1, 0.15) is 187 Å². The number of hydrogen-bond donors (Lipinski definition) is 3. The SMILES string of the molecule is CCCCCCCCCCCCCCCCCCCCCCCCCCCCCC(C(=O)O)(C(=O)O)C(=O)O. The number of hydrogen-bond acceptors (Lipinski definition) is 3. The Bertz CT molecular complexity index is 567. The number of carbonyl (C=O) groups is 3. The van der Waals surface area contributed by atoms with E-state index in [1.165, 1.54) is 141 Å². The largest absolute Gasteiger partial charge is 0.480 e. The van der Waals surface area contributed by atoms with Gasteiger partial charge in [0, 0.05) is 0 Å². The Labute approximate surface area is 239 Å². The Hall–Kier alpha value is -1.59. The van der Waals surface area contributed by atoms with Crippen molar-refractivity contribution in [1.82, 2.24) is 0 Å². The molecule has 0 aromatic carbocycles. The minimum Gasteiger partial charge on any atom is -0.480 e. The predicted molar refractivity (Wildman–Crippen MR) is 160 cm³/mol. The Balaban J connectivity index is 3.32. The highest BCUT2D eigenvalue weighted by atomic mass is 16.4. The monoisotopic (exact) mass is 554 g/mol. The van der Waals surface area contributed by atoms with Crippen LogP contribution in [-0.4, -0.2) is 33.2 Å². The van der Waals surface area contributed by atoms with Gasteiger partial charge in [-0.05, 0) is 6.42 Å². The van der Waals surface area contributed by atoms with E-state index < -0.39 is 23.3 Å². The van der Waals surface area contributed by atoms with Gasteiger partial charge >= 0.3 is 17.9 Å². The van der Waals surface area contributed by atoms with Crippen LogP contribution in [0.2, 0.25) is 0 Å². The van der Waals surface area contributed by atoms with Crippen LogP contribution < -0.4 is 0 Å². The van der Waals surface area contributed by atoms with Gasteiger partial charge in [-0.2, -0.15) is 0 Å². The number of carboxylic acids is 3. The molecule has 0 aliphatic carbocycles. The second kappa shape index (κ2) is 26.6. The minimum atomic E-state index is -2.72. The molecule has 0 atom stereocenters. The Morgan fingerprint density at radius 3 is 0.718 bits per heavy atom. The third kappa shape index (κ3) is 20.0. The molecule has 230 valence electrons. The van der Waals surface area contributed by atoms with Crippen molar-refractivity contribution in [2.45, 2.75) is 187 Å². The van der Waals surface area contributed by atoms with Crippen molar-refractivity contribution in [1.29, 1.82) is 0 Å². The van der Waals surface area contributed by atoms with E-state index in [0.717, 1.165) is 19.3 Å². The Morgan fingerprint density at radius 2 is 0.538 bits per heavy atom. The molecule has 0 unspecified atom stereocenters. The van der Waals surface area contributed by atoms with Crippen LogP contribution in [0.4, 0.5) is 0 Å². The first-order chi connectivity index (χ1) is 18.9. The first kappa shape index (κ1) is 37.4. The molecule has 0 fully saturated rings. The van der Waals surface area contributed by atoms with E-state index in [-0.39, 0.29) is 6.42 Å². The molecule has 0 saturated heterocycles. The molecule has 0 aliphatic rings. The Morgan fingerprint density at radius 1 is 0.359 bits per heavy atom. The standard InChI is InChI=1S/C33H62O6/c1-2-3-4-5-6-7-8-9-10-11-12-13-14-15-16-17-18-19-20-21-22-23-24-25-26-27-28-29-33(30(34)35,31(36)37)32(38)39/h2-29H2,1H3,(H,34,35)(H,36,37)(H,38,39). The van der Waals surface area contributed by atoms with Crippen LogP contribution in [0.15, 0.2) is 0 Å². The van der Waals surface area contributed by atoms with Crippen LogP contribution in [0.5, 0.6) is 0 Å². The topological polar surface area (TPSA) is 112 Å². The summed E-state index contributed by atoms with van der Waals surface area (Å²) in [5.74, 6) is -5.38. The summed E-state index contributed by atoms with van der Waals surface area (Å²) in [6, 6.07) is 0. The van der Waals surface area contributed by atoms with Gasteiger partial charge in [-0.25, -0.2) is 0 Å². The third-order valence-corrected chi connectivity index (χ3v) is 8.25. The molecule has 6 heteroatoms. The van der Waals surface area contributed by atoms with E-state index >= 15 is 0 Å². The van der Waals surface area contributed by atoms with Gasteiger partial charge in [-0.1, -0.05) is 180 Å². The van der Waals surface area contributed by atoms with E-state index in [4.69, 9.17) is 15.3 Å². The summed E-state index contributed by atoms with van der Waals surface area (Å²) < 4.78 is 0. The molecular weight excluding hydrogens is 492 g/mol. The lowest BCUT2D eigenvalue weighted by atomic mass is 9.82. The fourth-order valence-electron chi connectivity index (χ4n) is 5.48. The maximum atomic E-state index is 11.2. The quantitative estimate of drug-likeness (QED) is 0.0580. The summed E-state index contributed by atoms with van der Waals surface area (Å²) in [4.78, 5) is 33.7. The molecule has 0 rings (SSSR count). The van der Waals surface area contributed by atoms with Crippen molar-refractivity contribution in [3.63, 3.8) is 0 Å². The van der Waals surface area contributed by atoms with Crippen molar-refractivity contribution in [3.8, 4) is 0 Å². The van der Waals surface area contributed by atoms with Crippen LogP contribution in [0, 0.1) is 5.41 Å². The average Bonchev–Trinajstić information content (AvgIpc) is 2.89. The zero-order valence-corrected chi connectivity index (χ0v) is 25.4. The van der Waals surface area contributed by atoms with Crippen molar-refractivity contribution in [2.24, 2.45) is 5.41 Å². The average molecular weight is 555 g/mol. The molecule has 6 nitrogen and oxygen atoms in total. The third-order valence-electron chi connectivity index (χ3n) is 8.25. The first-order valence-corrected chi connectivity index (χ1v) is 16.6. The smallest absolute Gasteiger partial charge is 0.332 e. The molecule has 0 aromatic heterocycles. The summed E-state index contributed by atoms with van der Waals surface area (Å²) in [6.07, 6.45) is 34.1. The zero-order valence-electron chi connectivity index (χ0n) is 25.4. The summed E-state index contributed by atoms with van der Waals surface area (Å²) in [5.41, 5.74) is -2.72. The van der Waals surface area contributed by atoms with Gasteiger partial charge in [-0.15, -0.1) is 0 Å². The summed E-state index contributed by atoms with van der Waals surface area (Å²) >= 11 is 0. The van der Waals surface area contributed by atoms with E-state index in [1.54, 1.807) is 0 Å². The van der Waals surface area contributed by atoms with Gasteiger partial charge < -0.3 is 15.3 Å². The van der Waals surface area contributed by atoms with Crippen molar-refractivity contribution >= 4 is 17.9 Å². The zero-order chi connectivity index (χ0) is 29.0. The molecule has 0 saturated carbocycles. The highest BCUT2D eigenvalue weighted by Crippen LogP contribution is 2.27. The molecule has 0 spiro atoms. The molecule has 3 N–H and O–H groups in total. The van der Waals surface area contributed by atoms with Crippen molar-refractivity contribution in [3.05, 3.63) is 0 Å². The first-order valence-electron chi connectivity index (χ1n) is 16.6. The van der Waals surface area contributed by atoms with Crippen LogP contribution in [-0.2, 0) is 14.4 Å². The van der Waals surface area contributed by atoms with Gasteiger partial charge in [0.05, 0.1) is 0 Å². The molecule has 0 aliphatic heterocycles. The minimum absolute atomic E-state index is 0.296. The number of aliphatic carboxylic acids is 3. The molecular formula is C33H62O6. The van der Waals surface area contributed by atoms with E-state index in [1.807, 2.05) is 0 Å². The van der Waals surface area contributed by atoms with Gasteiger partial charge in [0.25, 0.3) is 5.41 Å². The van der Waals surface area contributed by atoms with Gasteiger partial charge in [-0.3, -0.25) is 14.4 Å². The normalized spacial score (nSPS) is 11.6. The van der Waals surface area contributed by atoms with E-state index in [9.17, 15) is 14.4 Å². The highest BCUT2D eigenvalue weighted by molar-refractivity contribution is 6.16. The summed E-state index contributed by atoms with van der Waals surface area (Å²) in [5, 5.41) is 27.3. The Kier molecular flexibility index (Phi) is 25.5. The number of rotatable bonds is 31. The lowest BCUT2D eigenvalue weighted by Crippen LogP contribution is -2.46. The van der Waals surface area contributed by atoms with Crippen LogP contribution in [0.25, 0.3) is 0 Å². The molecule has 0 aromatic rings. The fraction of sp³-hybridized carbons (Fsp3) is 0.909.